The first kappa shape index (κ1) is 18.1. The molecule has 2 aromatic carbocycles. The van der Waals surface area contributed by atoms with Gasteiger partial charge in [0, 0.05) is 16.5 Å². The largest absolute Gasteiger partial charge is 0.503 e. The highest BCUT2D eigenvalue weighted by molar-refractivity contribution is 7.11. The number of benzene rings is 2. The van der Waals surface area contributed by atoms with Gasteiger partial charge in [0.25, 0.3) is 0 Å². The Bertz CT molecular complexity index is 1200. The van der Waals surface area contributed by atoms with Crippen LogP contribution in [-0.4, -0.2) is 10.1 Å². The molecule has 2 heterocycles. The molecule has 0 saturated carbocycles. The van der Waals surface area contributed by atoms with Gasteiger partial charge < -0.3 is 9.52 Å². The summed E-state index contributed by atoms with van der Waals surface area (Å²) in [6.45, 7) is 0. The molecule has 4 nitrogen and oxygen atoms in total. The number of hydrogen-bond acceptors (Lipinski definition) is 5. The Morgan fingerprint density at radius 2 is 1.79 bits per heavy atom. The number of allylic oxidation sites excluding steroid dienone is 1. The first-order valence-electron chi connectivity index (χ1n) is 8.37. The molecular weight excluding hydrogens is 392 g/mol. The highest BCUT2D eigenvalue weighted by atomic mass is 35.5. The highest BCUT2D eigenvalue weighted by Gasteiger charge is 2.18. The van der Waals surface area contributed by atoms with E-state index in [1.54, 1.807) is 18.2 Å². The number of aromatic nitrogens is 1. The molecule has 0 atom stereocenters. The number of aliphatic hydroxyl groups is 1. The van der Waals surface area contributed by atoms with Crippen LogP contribution in [-0.2, 0) is 0 Å². The van der Waals surface area contributed by atoms with Crippen molar-refractivity contribution in [3.8, 4) is 28.7 Å². The van der Waals surface area contributed by atoms with Gasteiger partial charge in [0.1, 0.15) is 22.4 Å². The van der Waals surface area contributed by atoms with Crippen LogP contribution in [0.15, 0.2) is 76.5 Å². The zero-order valence-electron chi connectivity index (χ0n) is 14.5. The zero-order valence-corrected chi connectivity index (χ0v) is 16.0. The van der Waals surface area contributed by atoms with E-state index in [2.05, 4.69) is 4.98 Å². The summed E-state index contributed by atoms with van der Waals surface area (Å²) in [6, 6.07) is 22.3. The first-order valence-corrected chi connectivity index (χ1v) is 9.63. The second-order valence-electron chi connectivity index (χ2n) is 5.88. The molecule has 4 rings (SSSR count). The average Bonchev–Trinajstić information content (AvgIpc) is 3.40. The minimum absolute atomic E-state index is 0.0623. The van der Waals surface area contributed by atoms with E-state index < -0.39 is 0 Å². The Balaban J connectivity index is 1.71. The Morgan fingerprint density at radius 3 is 2.54 bits per heavy atom. The minimum Gasteiger partial charge on any atom is -0.503 e. The molecule has 1 N–H and O–H groups in total. The van der Waals surface area contributed by atoms with Crippen molar-refractivity contribution in [3.05, 3.63) is 87.9 Å². The fourth-order valence-corrected chi connectivity index (χ4v) is 3.78. The van der Waals surface area contributed by atoms with Crippen LogP contribution < -0.4 is 0 Å². The number of thiazole rings is 1. The average molecular weight is 405 g/mol. The Hall–Kier alpha value is -3.33. The van der Waals surface area contributed by atoms with Gasteiger partial charge in [0.2, 0.25) is 0 Å². The van der Waals surface area contributed by atoms with Crippen LogP contribution in [0.25, 0.3) is 33.9 Å². The molecule has 0 aliphatic carbocycles. The maximum absolute atomic E-state index is 10.6. The van der Waals surface area contributed by atoms with E-state index in [1.807, 2.05) is 60.0 Å². The molecule has 0 saturated heterocycles. The number of hydrogen-bond donors (Lipinski definition) is 1. The van der Waals surface area contributed by atoms with Gasteiger partial charge in [-0.05, 0) is 24.3 Å². The summed E-state index contributed by atoms with van der Waals surface area (Å²) in [7, 11) is 0. The Morgan fingerprint density at radius 1 is 1.04 bits per heavy atom. The van der Waals surface area contributed by atoms with Gasteiger partial charge in [-0.3, -0.25) is 0 Å². The lowest BCUT2D eigenvalue weighted by atomic mass is 10.2. The van der Waals surface area contributed by atoms with E-state index in [0.29, 0.717) is 21.4 Å². The van der Waals surface area contributed by atoms with Crippen molar-refractivity contribution >= 4 is 34.3 Å². The SMILES string of the molecule is N#CC(=C(O)c1ccc(-c2ccccc2Cl)o1)c1nc(-c2ccccc2)cs1. The van der Waals surface area contributed by atoms with Gasteiger partial charge in [0.15, 0.2) is 11.5 Å². The molecule has 136 valence electrons. The Labute approximate surface area is 170 Å². The summed E-state index contributed by atoms with van der Waals surface area (Å²) in [5, 5.41) is 23.1. The molecule has 0 amide bonds. The molecule has 0 aliphatic heterocycles. The molecule has 0 aliphatic rings. The molecule has 28 heavy (non-hydrogen) atoms. The van der Waals surface area contributed by atoms with Gasteiger partial charge in [0.05, 0.1) is 10.7 Å². The third-order valence-electron chi connectivity index (χ3n) is 4.11. The van der Waals surface area contributed by atoms with Crippen LogP contribution in [0.3, 0.4) is 0 Å². The van der Waals surface area contributed by atoms with Gasteiger partial charge in [-0.25, -0.2) is 4.98 Å². The smallest absolute Gasteiger partial charge is 0.179 e. The summed E-state index contributed by atoms with van der Waals surface area (Å²) in [4.78, 5) is 4.49. The van der Waals surface area contributed by atoms with E-state index in [9.17, 15) is 10.4 Å². The van der Waals surface area contributed by atoms with Crippen molar-refractivity contribution in [1.29, 1.82) is 5.26 Å². The topological polar surface area (TPSA) is 70.0 Å². The van der Waals surface area contributed by atoms with Crippen LogP contribution in [0.2, 0.25) is 5.02 Å². The van der Waals surface area contributed by atoms with E-state index in [1.165, 1.54) is 11.3 Å². The molecule has 0 radical (unpaired) electrons. The molecule has 4 aromatic rings. The third kappa shape index (κ3) is 3.44. The van der Waals surface area contributed by atoms with Crippen molar-refractivity contribution in [2.45, 2.75) is 0 Å². The molecule has 0 unspecified atom stereocenters. The van der Waals surface area contributed by atoms with Gasteiger partial charge in [-0.15, -0.1) is 11.3 Å². The summed E-state index contributed by atoms with van der Waals surface area (Å²) in [5.41, 5.74) is 2.47. The fraction of sp³-hybridized carbons (Fsp3) is 0. The number of furan rings is 1. The van der Waals surface area contributed by atoms with E-state index in [4.69, 9.17) is 16.0 Å². The lowest BCUT2D eigenvalue weighted by Gasteiger charge is -2.01. The number of halogens is 1. The van der Waals surface area contributed by atoms with Crippen LogP contribution in [0.4, 0.5) is 0 Å². The summed E-state index contributed by atoms with van der Waals surface area (Å²) in [5.74, 6) is 0.436. The van der Waals surface area contributed by atoms with Crippen LogP contribution in [0.5, 0.6) is 0 Å². The molecule has 2 aromatic heterocycles. The second-order valence-corrected chi connectivity index (χ2v) is 7.15. The Kier molecular flexibility index (Phi) is 4.98. The van der Waals surface area contributed by atoms with Gasteiger partial charge in [-0.2, -0.15) is 5.26 Å². The third-order valence-corrected chi connectivity index (χ3v) is 5.30. The maximum atomic E-state index is 10.6. The zero-order chi connectivity index (χ0) is 19.5. The van der Waals surface area contributed by atoms with Crippen molar-refractivity contribution in [2.75, 3.05) is 0 Å². The van der Waals surface area contributed by atoms with E-state index in [-0.39, 0.29) is 17.1 Å². The predicted molar refractivity (Wildman–Crippen MR) is 112 cm³/mol. The predicted octanol–water partition coefficient (Wildman–Crippen LogP) is 6.67. The van der Waals surface area contributed by atoms with Crippen molar-refractivity contribution < 1.29 is 9.52 Å². The standard InChI is InChI=1S/C22H13ClN2O2S/c23-17-9-5-4-8-15(17)19-10-11-20(27-19)21(26)16(12-24)22-25-18(13-28-22)14-6-2-1-3-7-14/h1-11,13,26H. The number of nitrogens with zero attached hydrogens (tertiary/aromatic N) is 2. The quantitative estimate of drug-likeness (QED) is 0.304. The minimum atomic E-state index is -0.255. The first-order chi connectivity index (χ1) is 13.7. The molecule has 0 spiro atoms. The van der Waals surface area contributed by atoms with Crippen molar-refractivity contribution in [2.24, 2.45) is 0 Å². The van der Waals surface area contributed by atoms with Crippen LogP contribution in [0, 0.1) is 11.3 Å². The van der Waals surface area contributed by atoms with Gasteiger partial charge in [-0.1, -0.05) is 54.1 Å². The molecular formula is C22H13ClN2O2S. The maximum Gasteiger partial charge on any atom is 0.179 e. The second kappa shape index (κ2) is 7.73. The van der Waals surface area contributed by atoms with E-state index >= 15 is 0 Å². The van der Waals surface area contributed by atoms with Crippen LogP contribution in [0.1, 0.15) is 10.8 Å². The lowest BCUT2D eigenvalue weighted by Crippen LogP contribution is -1.89. The van der Waals surface area contributed by atoms with E-state index in [0.717, 1.165) is 11.3 Å². The number of rotatable bonds is 4. The monoisotopic (exact) mass is 404 g/mol. The van der Waals surface area contributed by atoms with Gasteiger partial charge >= 0.3 is 0 Å². The summed E-state index contributed by atoms with van der Waals surface area (Å²) < 4.78 is 5.74. The molecule has 6 heteroatoms. The van der Waals surface area contributed by atoms with Crippen molar-refractivity contribution in [1.82, 2.24) is 4.98 Å². The highest BCUT2D eigenvalue weighted by Crippen LogP contribution is 2.34. The lowest BCUT2D eigenvalue weighted by molar-refractivity contribution is 0.466. The number of nitriles is 1. The summed E-state index contributed by atoms with van der Waals surface area (Å²) >= 11 is 7.49. The fourth-order valence-electron chi connectivity index (χ4n) is 2.73. The number of aliphatic hydroxyl groups excluding tert-OH is 1. The van der Waals surface area contributed by atoms with Crippen molar-refractivity contribution in [3.63, 3.8) is 0 Å². The molecule has 0 bridgehead atoms. The molecule has 0 fully saturated rings. The normalized spacial score (nSPS) is 11.7. The summed E-state index contributed by atoms with van der Waals surface area (Å²) in [6.07, 6.45) is 0. The van der Waals surface area contributed by atoms with Crippen LogP contribution >= 0.6 is 22.9 Å².